The van der Waals surface area contributed by atoms with Gasteiger partial charge in [-0.1, -0.05) is 35.0 Å². The van der Waals surface area contributed by atoms with Crippen molar-refractivity contribution in [3.63, 3.8) is 0 Å². The topological polar surface area (TPSA) is 77.7 Å². The summed E-state index contributed by atoms with van der Waals surface area (Å²) in [7, 11) is 0. The highest BCUT2D eigenvalue weighted by atomic mass is 16.7. The van der Waals surface area contributed by atoms with Crippen LogP contribution in [0.5, 0.6) is 11.5 Å². The van der Waals surface area contributed by atoms with Crippen molar-refractivity contribution in [3.05, 3.63) is 72.1 Å². The maximum absolute atomic E-state index is 13.0. The summed E-state index contributed by atoms with van der Waals surface area (Å²) in [6.07, 6.45) is 1.66. The molecule has 3 aromatic rings. The predicted octanol–water partition coefficient (Wildman–Crippen LogP) is 3.60. The van der Waals surface area contributed by atoms with E-state index in [0.717, 1.165) is 11.1 Å². The van der Waals surface area contributed by atoms with Crippen LogP contribution in [0.1, 0.15) is 21.8 Å². The van der Waals surface area contributed by atoms with Crippen molar-refractivity contribution in [1.29, 1.82) is 0 Å². The number of aryl methyl sites for hydroxylation is 1. The lowest BCUT2D eigenvalue weighted by Gasteiger charge is -2.19. The Kier molecular flexibility index (Phi) is 4.80. The van der Waals surface area contributed by atoms with Crippen LogP contribution < -0.4 is 9.47 Å². The van der Waals surface area contributed by atoms with Crippen molar-refractivity contribution in [3.8, 4) is 22.9 Å². The molecule has 0 spiro atoms. The first-order valence-electron chi connectivity index (χ1n) is 8.83. The maximum atomic E-state index is 13.0. The summed E-state index contributed by atoms with van der Waals surface area (Å²) in [5, 5.41) is 4.03. The van der Waals surface area contributed by atoms with Crippen LogP contribution in [-0.2, 0) is 6.54 Å². The number of carbonyl (C=O) groups is 1. The molecule has 7 nitrogen and oxygen atoms in total. The van der Waals surface area contributed by atoms with Gasteiger partial charge in [-0.2, -0.15) is 4.98 Å². The molecule has 1 aliphatic rings. The van der Waals surface area contributed by atoms with Crippen LogP contribution >= 0.6 is 0 Å². The van der Waals surface area contributed by atoms with Gasteiger partial charge in [0.05, 0.1) is 0 Å². The van der Waals surface area contributed by atoms with Gasteiger partial charge in [0, 0.05) is 17.7 Å². The minimum atomic E-state index is -0.187. The fourth-order valence-corrected chi connectivity index (χ4v) is 2.97. The van der Waals surface area contributed by atoms with Crippen molar-refractivity contribution in [2.24, 2.45) is 0 Å². The summed E-state index contributed by atoms with van der Waals surface area (Å²) >= 11 is 0. The van der Waals surface area contributed by atoms with Gasteiger partial charge in [-0.3, -0.25) is 4.79 Å². The number of ether oxygens (including phenoxy) is 2. The van der Waals surface area contributed by atoms with Crippen molar-refractivity contribution >= 4 is 5.91 Å². The average Bonchev–Trinajstić information content (AvgIpc) is 3.36. The Hall–Kier alpha value is -3.61. The Morgan fingerprint density at radius 3 is 2.89 bits per heavy atom. The van der Waals surface area contributed by atoms with Crippen LogP contribution in [0.4, 0.5) is 0 Å². The molecule has 4 rings (SSSR count). The summed E-state index contributed by atoms with van der Waals surface area (Å²) in [6.45, 7) is 6.41. The Balaban J connectivity index is 1.54. The lowest BCUT2D eigenvalue weighted by molar-refractivity contribution is 0.0745. The lowest BCUT2D eigenvalue weighted by Crippen LogP contribution is -2.30. The third kappa shape index (κ3) is 3.59. The standard InChI is InChI=1S/C21H19N3O4/c1-3-9-24(21(25)16-7-8-17-18(11-16)27-13-26-17)12-19-22-20(23-28-19)15-6-4-5-14(2)10-15/h3-8,10-11H,1,9,12-13H2,2H3. The Morgan fingerprint density at radius 2 is 2.07 bits per heavy atom. The number of aromatic nitrogens is 2. The van der Waals surface area contributed by atoms with E-state index < -0.39 is 0 Å². The minimum Gasteiger partial charge on any atom is -0.454 e. The third-order valence-corrected chi connectivity index (χ3v) is 4.33. The van der Waals surface area contributed by atoms with Crippen molar-refractivity contribution in [2.75, 3.05) is 13.3 Å². The molecule has 0 saturated carbocycles. The van der Waals surface area contributed by atoms with Gasteiger partial charge in [-0.05, 0) is 31.2 Å². The summed E-state index contributed by atoms with van der Waals surface area (Å²) < 4.78 is 16.0. The quantitative estimate of drug-likeness (QED) is 0.611. The number of benzene rings is 2. The SMILES string of the molecule is C=CCN(Cc1nc(-c2cccc(C)c2)no1)C(=O)c1ccc2c(c1)OCO2. The zero-order chi connectivity index (χ0) is 19.5. The molecule has 1 aliphatic heterocycles. The van der Waals surface area contributed by atoms with Gasteiger partial charge >= 0.3 is 0 Å². The van der Waals surface area contributed by atoms with Crippen LogP contribution in [0.3, 0.4) is 0 Å². The van der Waals surface area contributed by atoms with E-state index in [-0.39, 0.29) is 19.2 Å². The van der Waals surface area contributed by atoms with E-state index in [0.29, 0.717) is 35.3 Å². The second-order valence-corrected chi connectivity index (χ2v) is 6.42. The first-order chi connectivity index (χ1) is 13.6. The largest absolute Gasteiger partial charge is 0.454 e. The second-order valence-electron chi connectivity index (χ2n) is 6.42. The fourth-order valence-electron chi connectivity index (χ4n) is 2.97. The number of hydrogen-bond donors (Lipinski definition) is 0. The zero-order valence-corrected chi connectivity index (χ0v) is 15.4. The molecule has 0 bridgehead atoms. The highest BCUT2D eigenvalue weighted by Gasteiger charge is 2.22. The number of carbonyl (C=O) groups excluding carboxylic acids is 1. The lowest BCUT2D eigenvalue weighted by atomic mass is 10.1. The van der Waals surface area contributed by atoms with Gasteiger partial charge in [-0.25, -0.2) is 0 Å². The third-order valence-electron chi connectivity index (χ3n) is 4.33. The molecule has 28 heavy (non-hydrogen) atoms. The molecule has 0 aliphatic carbocycles. The molecular weight excluding hydrogens is 358 g/mol. The van der Waals surface area contributed by atoms with Crippen molar-refractivity contribution in [2.45, 2.75) is 13.5 Å². The highest BCUT2D eigenvalue weighted by Crippen LogP contribution is 2.33. The van der Waals surface area contributed by atoms with E-state index in [9.17, 15) is 4.79 Å². The monoisotopic (exact) mass is 377 g/mol. The van der Waals surface area contributed by atoms with Crippen LogP contribution in [-0.4, -0.2) is 34.3 Å². The number of hydrogen-bond acceptors (Lipinski definition) is 6. The van der Waals surface area contributed by atoms with Crippen LogP contribution in [0, 0.1) is 6.92 Å². The Bertz CT molecular complexity index is 1030. The average molecular weight is 377 g/mol. The molecule has 2 aromatic carbocycles. The molecule has 0 N–H and O–H groups in total. The van der Waals surface area contributed by atoms with Gasteiger partial charge in [0.2, 0.25) is 18.5 Å². The summed E-state index contributed by atoms with van der Waals surface area (Å²) in [4.78, 5) is 19.0. The first-order valence-corrected chi connectivity index (χ1v) is 8.83. The zero-order valence-electron chi connectivity index (χ0n) is 15.4. The van der Waals surface area contributed by atoms with E-state index in [1.165, 1.54) is 0 Å². The van der Waals surface area contributed by atoms with Crippen molar-refractivity contribution < 1.29 is 18.8 Å². The molecule has 0 unspecified atom stereocenters. The molecular formula is C21H19N3O4. The van der Waals surface area contributed by atoms with Gasteiger partial charge in [0.15, 0.2) is 11.5 Å². The summed E-state index contributed by atoms with van der Waals surface area (Å²) in [5.41, 5.74) is 2.46. The normalized spacial score (nSPS) is 12.0. The van der Waals surface area contributed by atoms with E-state index in [1.807, 2.05) is 31.2 Å². The number of amides is 1. The van der Waals surface area contributed by atoms with E-state index in [4.69, 9.17) is 14.0 Å². The van der Waals surface area contributed by atoms with E-state index >= 15 is 0 Å². The number of fused-ring (bicyclic) bond motifs is 1. The number of rotatable bonds is 6. The van der Waals surface area contributed by atoms with Crippen LogP contribution in [0.25, 0.3) is 11.4 Å². The minimum absolute atomic E-state index is 0.160. The van der Waals surface area contributed by atoms with Gasteiger partial charge in [0.1, 0.15) is 6.54 Å². The van der Waals surface area contributed by atoms with Gasteiger partial charge < -0.3 is 18.9 Å². The Morgan fingerprint density at radius 1 is 1.21 bits per heavy atom. The van der Waals surface area contributed by atoms with Gasteiger partial charge in [-0.15, -0.1) is 6.58 Å². The van der Waals surface area contributed by atoms with E-state index in [1.54, 1.807) is 29.2 Å². The summed E-state index contributed by atoms with van der Waals surface area (Å²) in [6, 6.07) is 12.9. The smallest absolute Gasteiger partial charge is 0.254 e. The number of nitrogens with zero attached hydrogens (tertiary/aromatic N) is 3. The molecule has 1 amide bonds. The summed E-state index contributed by atoms with van der Waals surface area (Å²) in [5.74, 6) is 1.85. The van der Waals surface area contributed by atoms with Crippen LogP contribution in [0.2, 0.25) is 0 Å². The van der Waals surface area contributed by atoms with E-state index in [2.05, 4.69) is 16.7 Å². The molecule has 7 heteroatoms. The van der Waals surface area contributed by atoms with Crippen molar-refractivity contribution in [1.82, 2.24) is 15.0 Å². The maximum Gasteiger partial charge on any atom is 0.254 e. The van der Waals surface area contributed by atoms with Gasteiger partial charge in [0.25, 0.3) is 5.91 Å². The Labute approximate surface area is 162 Å². The fraction of sp³-hybridized carbons (Fsp3) is 0.190. The molecule has 2 heterocycles. The highest BCUT2D eigenvalue weighted by molar-refractivity contribution is 5.95. The molecule has 1 aromatic heterocycles. The van der Waals surface area contributed by atoms with Crippen LogP contribution in [0.15, 0.2) is 59.6 Å². The predicted molar refractivity (Wildman–Crippen MR) is 102 cm³/mol. The first kappa shape index (κ1) is 17.8. The second kappa shape index (κ2) is 7.56. The molecule has 0 fully saturated rings. The molecule has 0 atom stereocenters. The molecule has 0 saturated heterocycles. The molecule has 0 radical (unpaired) electrons. The molecule has 142 valence electrons.